The summed E-state index contributed by atoms with van der Waals surface area (Å²) in [5, 5.41) is 9.78. The number of aliphatic hydroxyl groups is 1. The Kier molecular flexibility index (Phi) is 5.05. The monoisotopic (exact) mass is 328 g/mol. The summed E-state index contributed by atoms with van der Waals surface area (Å²) in [5.41, 5.74) is 1.35. The molecule has 1 aromatic carbocycles. The van der Waals surface area contributed by atoms with Gasteiger partial charge in [-0.2, -0.15) is 0 Å². The van der Waals surface area contributed by atoms with Gasteiger partial charge in [-0.25, -0.2) is 13.1 Å². The third-order valence-corrected chi connectivity index (χ3v) is 4.73. The van der Waals surface area contributed by atoms with Crippen molar-refractivity contribution in [3.05, 3.63) is 52.8 Å². The first-order chi connectivity index (χ1) is 9.96. The number of aliphatic hydroxyl groups excluding tert-OH is 1. The van der Waals surface area contributed by atoms with Gasteiger partial charge >= 0.3 is 0 Å². The van der Waals surface area contributed by atoms with Crippen molar-refractivity contribution < 1.29 is 13.5 Å². The van der Waals surface area contributed by atoms with Crippen molar-refractivity contribution in [2.75, 3.05) is 0 Å². The van der Waals surface area contributed by atoms with Gasteiger partial charge in [-0.3, -0.25) is 0 Å². The van der Waals surface area contributed by atoms with Gasteiger partial charge in [-0.05, 0) is 30.7 Å². The molecule has 0 saturated heterocycles. The average molecular weight is 329 g/mol. The standard InChI is InChI=1S/C14H17ClN2O3S/c1-2-17-9-14(7-13(17)10-18)21(19,20)16-8-11-4-3-5-12(15)6-11/h3-7,9,16,18H,2,8,10H2,1H3. The molecule has 21 heavy (non-hydrogen) atoms. The third kappa shape index (κ3) is 3.85. The minimum atomic E-state index is -3.62. The zero-order valence-corrected chi connectivity index (χ0v) is 13.2. The molecule has 0 fully saturated rings. The van der Waals surface area contributed by atoms with Crippen LogP contribution in [0.2, 0.25) is 5.02 Å². The molecule has 0 unspecified atom stereocenters. The van der Waals surface area contributed by atoms with E-state index in [0.717, 1.165) is 5.56 Å². The number of nitrogens with one attached hydrogen (secondary N) is 1. The van der Waals surface area contributed by atoms with Crippen LogP contribution in [0, 0.1) is 0 Å². The Balaban J connectivity index is 2.16. The van der Waals surface area contributed by atoms with Gasteiger partial charge in [0.25, 0.3) is 0 Å². The zero-order chi connectivity index (χ0) is 15.5. The van der Waals surface area contributed by atoms with Crippen LogP contribution in [0.5, 0.6) is 0 Å². The van der Waals surface area contributed by atoms with Crippen LogP contribution < -0.4 is 4.72 Å². The van der Waals surface area contributed by atoms with Gasteiger partial charge in [0.15, 0.2) is 0 Å². The van der Waals surface area contributed by atoms with Crippen LogP contribution in [0.15, 0.2) is 41.4 Å². The van der Waals surface area contributed by atoms with Crippen LogP contribution in [-0.2, 0) is 29.7 Å². The SMILES string of the molecule is CCn1cc(S(=O)(=O)NCc2cccc(Cl)c2)cc1CO. The van der Waals surface area contributed by atoms with Crippen LogP contribution in [0.4, 0.5) is 0 Å². The number of nitrogens with zero attached hydrogens (tertiary/aromatic N) is 1. The van der Waals surface area contributed by atoms with E-state index >= 15 is 0 Å². The summed E-state index contributed by atoms with van der Waals surface area (Å²) in [5.74, 6) is 0. The van der Waals surface area contributed by atoms with Crippen LogP contribution in [0.25, 0.3) is 0 Å². The lowest BCUT2D eigenvalue weighted by molar-refractivity contribution is 0.271. The maximum atomic E-state index is 12.2. The van der Waals surface area contributed by atoms with Gasteiger partial charge in [0.05, 0.1) is 11.5 Å². The molecule has 5 nitrogen and oxygen atoms in total. The van der Waals surface area contributed by atoms with Gasteiger partial charge in [0.1, 0.15) is 0 Å². The molecule has 7 heteroatoms. The predicted molar refractivity (Wildman–Crippen MR) is 81.5 cm³/mol. The van der Waals surface area contributed by atoms with Crippen molar-refractivity contribution in [1.29, 1.82) is 0 Å². The number of aromatic nitrogens is 1. The van der Waals surface area contributed by atoms with Gasteiger partial charge in [-0.1, -0.05) is 23.7 Å². The lowest BCUT2D eigenvalue weighted by Gasteiger charge is -2.05. The van der Waals surface area contributed by atoms with E-state index in [1.807, 2.05) is 6.92 Å². The highest BCUT2D eigenvalue weighted by Crippen LogP contribution is 2.16. The van der Waals surface area contributed by atoms with Crippen LogP contribution in [0.1, 0.15) is 18.2 Å². The molecule has 0 atom stereocenters. The van der Waals surface area contributed by atoms with E-state index in [9.17, 15) is 13.5 Å². The fraction of sp³-hybridized carbons (Fsp3) is 0.286. The molecular formula is C14H17ClN2O3S. The van der Waals surface area contributed by atoms with Crippen molar-refractivity contribution in [3.63, 3.8) is 0 Å². The van der Waals surface area contributed by atoms with Gasteiger partial charge < -0.3 is 9.67 Å². The highest BCUT2D eigenvalue weighted by molar-refractivity contribution is 7.89. The second-order valence-corrected chi connectivity index (χ2v) is 6.77. The van der Waals surface area contributed by atoms with Crippen molar-refractivity contribution >= 4 is 21.6 Å². The number of hydrogen-bond donors (Lipinski definition) is 2. The molecule has 0 bridgehead atoms. The summed E-state index contributed by atoms with van der Waals surface area (Å²) in [4.78, 5) is 0.149. The van der Waals surface area contributed by atoms with E-state index < -0.39 is 10.0 Å². The summed E-state index contributed by atoms with van der Waals surface area (Å²) in [6.07, 6.45) is 1.52. The molecule has 1 aromatic heterocycles. The van der Waals surface area contributed by atoms with Crippen molar-refractivity contribution in [3.8, 4) is 0 Å². The predicted octanol–water partition coefficient (Wildman–Crippen LogP) is 2.13. The topological polar surface area (TPSA) is 71.3 Å². The smallest absolute Gasteiger partial charge is 0.242 e. The van der Waals surface area contributed by atoms with E-state index in [-0.39, 0.29) is 18.0 Å². The lowest BCUT2D eigenvalue weighted by atomic mass is 10.2. The number of hydrogen-bond acceptors (Lipinski definition) is 3. The van der Waals surface area contributed by atoms with E-state index in [2.05, 4.69) is 4.72 Å². The highest BCUT2D eigenvalue weighted by atomic mass is 35.5. The van der Waals surface area contributed by atoms with Crippen molar-refractivity contribution in [2.45, 2.75) is 31.5 Å². The number of rotatable bonds is 6. The Hall–Kier alpha value is -1.34. The molecule has 0 radical (unpaired) electrons. The summed E-state index contributed by atoms with van der Waals surface area (Å²) in [6.45, 7) is 2.45. The first-order valence-electron chi connectivity index (χ1n) is 6.50. The summed E-state index contributed by atoms with van der Waals surface area (Å²) in [6, 6.07) is 8.48. The lowest BCUT2D eigenvalue weighted by Crippen LogP contribution is -2.22. The van der Waals surface area contributed by atoms with E-state index in [4.69, 9.17) is 11.6 Å². The molecule has 2 rings (SSSR count). The molecule has 0 saturated carbocycles. The van der Waals surface area contributed by atoms with Gasteiger partial charge in [0.2, 0.25) is 10.0 Å². The summed E-state index contributed by atoms with van der Waals surface area (Å²) >= 11 is 5.87. The highest BCUT2D eigenvalue weighted by Gasteiger charge is 2.17. The molecule has 2 aromatic rings. The van der Waals surface area contributed by atoms with Crippen molar-refractivity contribution in [1.82, 2.24) is 9.29 Å². The van der Waals surface area contributed by atoms with Crippen LogP contribution >= 0.6 is 11.6 Å². The zero-order valence-electron chi connectivity index (χ0n) is 11.6. The second kappa shape index (κ2) is 6.62. The second-order valence-electron chi connectivity index (χ2n) is 4.57. The maximum absolute atomic E-state index is 12.2. The molecule has 0 amide bonds. The Morgan fingerprint density at radius 1 is 1.33 bits per heavy atom. The van der Waals surface area contributed by atoms with Crippen LogP contribution in [0.3, 0.4) is 0 Å². The Morgan fingerprint density at radius 2 is 2.10 bits per heavy atom. The third-order valence-electron chi connectivity index (χ3n) is 3.13. The molecule has 114 valence electrons. The molecule has 1 heterocycles. The first kappa shape index (κ1) is 16.0. The molecule has 0 spiro atoms. The minimum absolute atomic E-state index is 0.149. The first-order valence-corrected chi connectivity index (χ1v) is 8.36. The van der Waals surface area contributed by atoms with E-state index in [1.165, 1.54) is 12.3 Å². The van der Waals surface area contributed by atoms with Crippen molar-refractivity contribution in [2.24, 2.45) is 0 Å². The quantitative estimate of drug-likeness (QED) is 0.853. The normalized spacial score (nSPS) is 11.8. The molecule has 0 aliphatic rings. The fourth-order valence-electron chi connectivity index (χ4n) is 2.01. The van der Waals surface area contributed by atoms with Gasteiger partial charge in [-0.15, -0.1) is 0 Å². The largest absolute Gasteiger partial charge is 0.390 e. The fourth-order valence-corrected chi connectivity index (χ4v) is 3.30. The van der Waals surface area contributed by atoms with E-state index in [0.29, 0.717) is 17.3 Å². The molecule has 2 N–H and O–H groups in total. The Bertz CT molecular complexity index is 704. The van der Waals surface area contributed by atoms with Crippen LogP contribution in [-0.4, -0.2) is 18.1 Å². The average Bonchev–Trinajstić information content (AvgIpc) is 2.89. The minimum Gasteiger partial charge on any atom is -0.390 e. The molecular weight excluding hydrogens is 312 g/mol. The number of halogens is 1. The number of benzene rings is 1. The molecule has 0 aliphatic heterocycles. The van der Waals surface area contributed by atoms with Gasteiger partial charge in [0, 0.05) is 30.0 Å². The molecule has 0 aliphatic carbocycles. The maximum Gasteiger partial charge on any atom is 0.242 e. The Labute approximate surface area is 129 Å². The van der Waals surface area contributed by atoms with E-state index in [1.54, 1.807) is 28.8 Å². The summed E-state index contributed by atoms with van der Waals surface area (Å²) < 4.78 is 28.7. The number of aryl methyl sites for hydroxylation is 1. The number of sulfonamides is 1. The Morgan fingerprint density at radius 3 is 2.67 bits per heavy atom. The summed E-state index contributed by atoms with van der Waals surface area (Å²) in [7, 11) is -3.62.